The first-order valence-electron chi connectivity index (χ1n) is 6.84. The van der Waals surface area contributed by atoms with Crippen molar-refractivity contribution < 1.29 is 9.13 Å². The van der Waals surface area contributed by atoms with Crippen molar-refractivity contribution in [3.8, 4) is 0 Å². The summed E-state index contributed by atoms with van der Waals surface area (Å²) in [6, 6.07) is 5.05. The average molecular weight is 330 g/mol. The molecule has 0 saturated heterocycles. The summed E-state index contributed by atoms with van der Waals surface area (Å²) in [5, 5.41) is 3.45. The molecule has 1 aliphatic carbocycles. The van der Waals surface area contributed by atoms with Crippen molar-refractivity contribution >= 4 is 21.6 Å². The monoisotopic (exact) mass is 329 g/mol. The van der Waals surface area contributed by atoms with Gasteiger partial charge in [0, 0.05) is 22.5 Å². The third-order valence-corrected chi connectivity index (χ3v) is 5.06. The highest BCUT2D eigenvalue weighted by Gasteiger charge is 2.51. The van der Waals surface area contributed by atoms with Crippen LogP contribution < -0.4 is 5.32 Å². The molecule has 1 aromatic rings. The molecule has 0 bridgehead atoms. The minimum Gasteiger partial charge on any atom is -0.381 e. The van der Waals surface area contributed by atoms with E-state index in [0.717, 1.165) is 29.6 Å². The van der Waals surface area contributed by atoms with E-state index in [1.165, 1.54) is 12.1 Å². The second-order valence-electron chi connectivity index (χ2n) is 5.36. The van der Waals surface area contributed by atoms with Crippen LogP contribution in [0.5, 0.6) is 0 Å². The average Bonchev–Trinajstić information content (AvgIpc) is 2.40. The van der Waals surface area contributed by atoms with E-state index in [1.54, 1.807) is 6.07 Å². The number of ether oxygens (including phenoxy) is 1. The van der Waals surface area contributed by atoms with Crippen LogP contribution >= 0.6 is 15.9 Å². The summed E-state index contributed by atoms with van der Waals surface area (Å²) in [5.74, 6) is -0.218. The zero-order valence-electron chi connectivity index (χ0n) is 11.7. The van der Waals surface area contributed by atoms with E-state index in [2.05, 4.69) is 35.1 Å². The van der Waals surface area contributed by atoms with Crippen molar-refractivity contribution in [1.29, 1.82) is 0 Å². The summed E-state index contributed by atoms with van der Waals surface area (Å²) in [5.41, 5.74) is 0.932. The van der Waals surface area contributed by atoms with Crippen LogP contribution in [-0.2, 0) is 4.74 Å². The second kappa shape index (κ2) is 5.80. The van der Waals surface area contributed by atoms with Gasteiger partial charge in [0.2, 0.25) is 0 Å². The Hall–Kier alpha value is -0.610. The molecule has 3 atom stereocenters. The molecule has 0 spiro atoms. The predicted molar refractivity (Wildman–Crippen MR) is 79.9 cm³/mol. The smallest absolute Gasteiger partial charge is 0.125 e. The molecule has 1 fully saturated rings. The van der Waals surface area contributed by atoms with Gasteiger partial charge in [0.15, 0.2) is 0 Å². The molecule has 1 saturated carbocycles. The van der Waals surface area contributed by atoms with Gasteiger partial charge in [-0.1, -0.05) is 13.8 Å². The number of hydrogen-bond acceptors (Lipinski definition) is 2. The lowest BCUT2D eigenvalue weighted by atomic mass is 9.61. The molecule has 0 aliphatic heterocycles. The number of rotatable bonds is 5. The Kier molecular flexibility index (Phi) is 4.51. The zero-order chi connectivity index (χ0) is 14.0. The Bertz CT molecular complexity index is 454. The maximum atomic E-state index is 13.3. The van der Waals surface area contributed by atoms with Gasteiger partial charge >= 0.3 is 0 Å². The largest absolute Gasteiger partial charge is 0.381 e. The highest BCUT2D eigenvalue weighted by atomic mass is 79.9. The summed E-state index contributed by atoms with van der Waals surface area (Å²) in [4.78, 5) is 0. The SMILES string of the molecule is CCOC1CC(Nc2cc(F)ccc2Br)C1(C)CC. The van der Waals surface area contributed by atoms with Crippen molar-refractivity contribution in [2.45, 2.75) is 45.8 Å². The molecular formula is C15H21BrFNO. The van der Waals surface area contributed by atoms with E-state index >= 15 is 0 Å². The van der Waals surface area contributed by atoms with Gasteiger partial charge in [-0.2, -0.15) is 0 Å². The van der Waals surface area contributed by atoms with Gasteiger partial charge in [-0.3, -0.25) is 0 Å². The number of anilines is 1. The maximum absolute atomic E-state index is 13.3. The quantitative estimate of drug-likeness (QED) is 0.852. The number of benzene rings is 1. The Morgan fingerprint density at radius 2 is 2.21 bits per heavy atom. The second-order valence-corrected chi connectivity index (χ2v) is 6.21. The molecule has 106 valence electrons. The van der Waals surface area contributed by atoms with Gasteiger partial charge in [-0.05, 0) is 53.9 Å². The van der Waals surface area contributed by atoms with Gasteiger partial charge in [-0.25, -0.2) is 4.39 Å². The van der Waals surface area contributed by atoms with Crippen molar-refractivity contribution in [2.24, 2.45) is 5.41 Å². The normalized spacial score (nSPS) is 29.9. The Morgan fingerprint density at radius 3 is 2.84 bits per heavy atom. The Morgan fingerprint density at radius 1 is 1.47 bits per heavy atom. The van der Waals surface area contributed by atoms with Crippen LogP contribution in [0.25, 0.3) is 0 Å². The molecule has 2 nitrogen and oxygen atoms in total. The predicted octanol–water partition coefficient (Wildman–Crippen LogP) is 4.59. The van der Waals surface area contributed by atoms with E-state index < -0.39 is 0 Å². The van der Waals surface area contributed by atoms with Crippen molar-refractivity contribution in [3.05, 3.63) is 28.5 Å². The molecular weight excluding hydrogens is 309 g/mol. The molecule has 3 unspecified atom stereocenters. The maximum Gasteiger partial charge on any atom is 0.125 e. The lowest BCUT2D eigenvalue weighted by Gasteiger charge is -2.54. The fourth-order valence-corrected chi connectivity index (χ4v) is 3.13. The Balaban J connectivity index is 2.10. The summed E-state index contributed by atoms with van der Waals surface area (Å²) >= 11 is 3.46. The molecule has 0 heterocycles. The van der Waals surface area contributed by atoms with Crippen molar-refractivity contribution in [3.63, 3.8) is 0 Å². The van der Waals surface area contributed by atoms with E-state index in [4.69, 9.17) is 4.74 Å². The lowest BCUT2D eigenvalue weighted by molar-refractivity contribution is -0.109. The van der Waals surface area contributed by atoms with E-state index in [-0.39, 0.29) is 11.2 Å². The van der Waals surface area contributed by atoms with Crippen molar-refractivity contribution in [2.75, 3.05) is 11.9 Å². The van der Waals surface area contributed by atoms with E-state index in [0.29, 0.717) is 12.1 Å². The molecule has 0 radical (unpaired) electrons. The highest BCUT2D eigenvalue weighted by Crippen LogP contribution is 2.47. The van der Waals surface area contributed by atoms with Gasteiger partial charge in [0.05, 0.1) is 11.8 Å². The molecule has 1 aliphatic rings. The van der Waals surface area contributed by atoms with Gasteiger partial charge in [-0.15, -0.1) is 0 Å². The van der Waals surface area contributed by atoms with Crippen LogP contribution in [-0.4, -0.2) is 18.8 Å². The number of nitrogens with one attached hydrogen (secondary N) is 1. The third kappa shape index (κ3) is 2.79. The highest BCUT2D eigenvalue weighted by molar-refractivity contribution is 9.10. The van der Waals surface area contributed by atoms with Gasteiger partial charge in [0.1, 0.15) is 5.82 Å². The summed E-state index contributed by atoms with van der Waals surface area (Å²) in [6.45, 7) is 7.19. The number of halogens is 2. The zero-order valence-corrected chi connectivity index (χ0v) is 13.3. The molecule has 4 heteroatoms. The molecule has 2 rings (SSSR count). The van der Waals surface area contributed by atoms with Crippen LogP contribution in [0, 0.1) is 11.2 Å². The lowest BCUT2D eigenvalue weighted by Crippen LogP contribution is -2.59. The molecule has 0 amide bonds. The number of hydrogen-bond donors (Lipinski definition) is 1. The minimum atomic E-state index is -0.218. The van der Waals surface area contributed by atoms with Crippen LogP contribution in [0.2, 0.25) is 0 Å². The summed E-state index contributed by atoms with van der Waals surface area (Å²) in [7, 11) is 0. The fraction of sp³-hybridized carbons (Fsp3) is 0.600. The van der Waals surface area contributed by atoms with E-state index in [9.17, 15) is 4.39 Å². The van der Waals surface area contributed by atoms with Crippen molar-refractivity contribution in [1.82, 2.24) is 0 Å². The molecule has 0 aromatic heterocycles. The fourth-order valence-electron chi connectivity index (χ4n) is 2.77. The minimum absolute atomic E-state index is 0.113. The topological polar surface area (TPSA) is 21.3 Å². The first-order valence-corrected chi connectivity index (χ1v) is 7.63. The van der Waals surface area contributed by atoms with Crippen LogP contribution in [0.4, 0.5) is 10.1 Å². The van der Waals surface area contributed by atoms with Gasteiger partial charge in [0.25, 0.3) is 0 Å². The summed E-state index contributed by atoms with van der Waals surface area (Å²) in [6.07, 6.45) is 2.32. The standard InChI is InChI=1S/C15H21BrFNO/c1-4-15(3)13(9-14(15)19-5-2)18-12-8-10(17)6-7-11(12)16/h6-8,13-14,18H,4-5,9H2,1-3H3. The third-order valence-electron chi connectivity index (χ3n) is 4.37. The molecule has 19 heavy (non-hydrogen) atoms. The first kappa shape index (κ1) is 14.8. The van der Waals surface area contributed by atoms with Gasteiger partial charge < -0.3 is 10.1 Å². The molecule has 1 aromatic carbocycles. The van der Waals surface area contributed by atoms with Crippen LogP contribution in [0.1, 0.15) is 33.6 Å². The Labute approximate surface area is 122 Å². The first-order chi connectivity index (χ1) is 9.01. The summed E-state index contributed by atoms with van der Waals surface area (Å²) < 4.78 is 20.0. The van der Waals surface area contributed by atoms with Crippen LogP contribution in [0.15, 0.2) is 22.7 Å². The molecule has 1 N–H and O–H groups in total. The van der Waals surface area contributed by atoms with Crippen LogP contribution in [0.3, 0.4) is 0 Å². The van der Waals surface area contributed by atoms with E-state index in [1.807, 2.05) is 6.92 Å².